The highest BCUT2D eigenvalue weighted by Crippen LogP contribution is 2.53. The Balaban J connectivity index is 0.000000206. The number of hydrogen-bond donors (Lipinski definition) is 1. The number of para-hydroxylation sites is 3. The van der Waals surface area contributed by atoms with Gasteiger partial charge in [0.1, 0.15) is 41.5 Å². The number of thioether (sulfide) groups is 2. The SMILES string of the molecule is C/C=N/OC.CC(=O)C1(F)CCCCCc2c1nnn2C.CC1c2c(n(C)c3ccccc23)CN(C)N1C.CCC(C)=O.CCCCC(=O)N1Cc2ccccc2-c2c(nnn2C)-c2ccccc21.CCCCC(=O)N1Cc2ccccc2-c2c(nnn2CCCC(=O)CC)-c2ccccc21.CNC(C)=O.COC[C@H]1C2CCc3nnn(C)c3CCC21.CSC1CC(=O)N(C)C1=O.CSCC(C)=O.Cc1cn(C)nn1. The Morgan fingerprint density at radius 3 is 1.61 bits per heavy atom. The summed E-state index contributed by atoms with van der Waals surface area (Å²) in [6.45, 7) is 23.5. The van der Waals surface area contributed by atoms with Crippen LogP contribution >= 0.6 is 23.5 Å². The number of carbonyl (C=O) groups excluding carboxylic acids is 9. The molecule has 11 aromatic rings. The molecule has 6 atom stereocenters. The molecule has 6 aromatic heterocycles. The first-order chi connectivity index (χ1) is 69.5. The fourth-order valence-corrected chi connectivity index (χ4v) is 19.1. The molecule has 5 unspecified atom stereocenters. The minimum absolute atomic E-state index is 0.00463. The van der Waals surface area contributed by atoms with E-state index >= 15 is 0 Å². The van der Waals surface area contributed by atoms with Crippen LogP contribution < -0.4 is 15.1 Å². The molecule has 145 heavy (non-hydrogen) atoms. The van der Waals surface area contributed by atoms with E-state index in [1.807, 2.05) is 164 Å². The van der Waals surface area contributed by atoms with Gasteiger partial charge in [0, 0.05) is 192 Å². The third-order valence-corrected chi connectivity index (χ3v) is 28.2. The van der Waals surface area contributed by atoms with Gasteiger partial charge < -0.3 is 34.1 Å². The number of hydrogen-bond acceptors (Lipinski definition) is 26. The topological polar surface area (TPSA) is 371 Å². The van der Waals surface area contributed by atoms with E-state index < -0.39 is 11.5 Å². The number of ketones is 4. The number of fused-ring (bicyclic) bond motifs is 16. The zero-order valence-electron chi connectivity index (χ0n) is 89.5. The smallest absolute Gasteiger partial charge is 0.242 e. The van der Waals surface area contributed by atoms with Crippen LogP contribution in [0.15, 0.2) is 133 Å². The molecular formula is C108H152FN23O11S2. The summed E-state index contributed by atoms with van der Waals surface area (Å²) in [6, 6.07) is 41.5. The predicted octanol–water partition coefficient (Wildman–Crippen LogP) is 17.6. The molecule has 10 heterocycles. The maximum atomic E-state index is 14.7. The van der Waals surface area contributed by atoms with Gasteiger partial charge in [0.05, 0.1) is 76.2 Å². The van der Waals surface area contributed by atoms with Crippen molar-refractivity contribution in [3.63, 3.8) is 0 Å². The largest absolute Gasteiger partial charge is 0.399 e. The van der Waals surface area contributed by atoms with Crippen molar-refractivity contribution in [1.82, 2.24) is 99.8 Å². The molecule has 1 N–H and O–H groups in total. The van der Waals surface area contributed by atoms with Crippen molar-refractivity contribution < 1.29 is 57.1 Å². The third-order valence-electron chi connectivity index (χ3n) is 26.5. The molecule has 4 aliphatic heterocycles. The number of imide groups is 1. The molecule has 0 spiro atoms. The number of unbranched alkanes of at least 4 members (excludes halogenated alkanes) is 2. The number of nitrogens with one attached hydrogen (secondary N) is 1. The van der Waals surface area contributed by atoms with Crippen LogP contribution in [0.4, 0.5) is 15.8 Å². The summed E-state index contributed by atoms with van der Waals surface area (Å²) < 4.78 is 31.2. The van der Waals surface area contributed by atoms with Crippen molar-refractivity contribution >= 4 is 105 Å². The Labute approximate surface area is 862 Å². The number of halogens is 1. The first kappa shape index (κ1) is 118. The van der Waals surface area contributed by atoms with E-state index in [2.05, 4.69) is 172 Å². The summed E-state index contributed by atoms with van der Waals surface area (Å²) in [5.74, 6) is 3.71. The first-order valence-electron chi connectivity index (χ1n) is 50.1. The van der Waals surface area contributed by atoms with Gasteiger partial charge in [-0.3, -0.25) is 57.3 Å². The number of aromatic nitrogens is 16. The zero-order chi connectivity index (χ0) is 106. The van der Waals surface area contributed by atoms with Crippen molar-refractivity contribution in [1.29, 1.82) is 0 Å². The number of aryl methyl sites for hydroxylation is 8. The molecule has 1 saturated heterocycles. The number of Topliss-reactive ketones (excluding diaryl/α,β-unsaturated/α-hetero) is 4. The summed E-state index contributed by atoms with van der Waals surface area (Å²) in [7, 11) is 20.4. The lowest BCUT2D eigenvalue weighted by atomic mass is 9.86. The lowest BCUT2D eigenvalue weighted by Crippen LogP contribution is -2.42. The van der Waals surface area contributed by atoms with E-state index in [0.717, 1.165) is 180 Å². The number of rotatable bonds is 19. The Kier molecular flexibility index (Phi) is 47.6. The summed E-state index contributed by atoms with van der Waals surface area (Å²) >= 11 is 3.00. The van der Waals surface area contributed by atoms with Crippen LogP contribution in [0.2, 0.25) is 0 Å². The molecule has 5 aromatic carbocycles. The highest BCUT2D eigenvalue weighted by molar-refractivity contribution is 8.00. The molecule has 18 rings (SSSR count). The predicted molar refractivity (Wildman–Crippen MR) is 572 cm³/mol. The van der Waals surface area contributed by atoms with Gasteiger partial charge >= 0.3 is 0 Å². The highest BCUT2D eigenvalue weighted by atomic mass is 32.2. The van der Waals surface area contributed by atoms with Crippen LogP contribution in [0.1, 0.15) is 235 Å². The number of oxime groups is 1. The van der Waals surface area contributed by atoms with E-state index in [1.165, 1.54) is 91.1 Å². The van der Waals surface area contributed by atoms with Crippen LogP contribution in [0.5, 0.6) is 0 Å². The Morgan fingerprint density at radius 1 is 0.593 bits per heavy atom. The number of methoxy groups -OCH3 is 1. The summed E-state index contributed by atoms with van der Waals surface area (Å²) in [5.41, 5.74) is 18.4. The maximum absolute atomic E-state index is 14.7. The van der Waals surface area contributed by atoms with Crippen molar-refractivity contribution in [2.45, 2.75) is 248 Å². The second-order valence-corrected chi connectivity index (χ2v) is 38.7. The average Bonchev–Trinajstić information content (AvgIpc) is 1.63. The van der Waals surface area contributed by atoms with Gasteiger partial charge in [0.15, 0.2) is 5.78 Å². The number of hydrazine groups is 1. The molecule has 784 valence electrons. The van der Waals surface area contributed by atoms with E-state index in [0.29, 0.717) is 70.0 Å². The van der Waals surface area contributed by atoms with Crippen LogP contribution in [-0.4, -0.2) is 226 Å². The molecule has 2 fully saturated rings. The Bertz CT molecular complexity index is 6090. The van der Waals surface area contributed by atoms with Crippen LogP contribution in [0.25, 0.3) is 55.9 Å². The maximum Gasteiger partial charge on any atom is 0.242 e. The highest BCUT2D eigenvalue weighted by Gasteiger charge is 2.50. The van der Waals surface area contributed by atoms with Gasteiger partial charge in [-0.05, 0) is 172 Å². The van der Waals surface area contributed by atoms with E-state index in [9.17, 15) is 47.5 Å². The molecule has 3 aliphatic carbocycles. The van der Waals surface area contributed by atoms with Gasteiger partial charge in [-0.15, -0.1) is 30.6 Å². The van der Waals surface area contributed by atoms with Crippen LogP contribution in [-0.2, 0) is 139 Å². The van der Waals surface area contributed by atoms with Gasteiger partial charge in [0.2, 0.25) is 35.2 Å². The molecule has 34 nitrogen and oxygen atoms in total. The number of alkyl halides is 1. The Morgan fingerprint density at radius 2 is 1.13 bits per heavy atom. The van der Waals surface area contributed by atoms with Crippen molar-refractivity contribution in [2.75, 3.05) is 77.1 Å². The van der Waals surface area contributed by atoms with E-state index in [4.69, 9.17) is 4.74 Å². The summed E-state index contributed by atoms with van der Waals surface area (Å²) in [6.07, 6.45) is 23.4. The minimum atomic E-state index is -1.93. The van der Waals surface area contributed by atoms with Gasteiger partial charge in [0.25, 0.3) is 0 Å². The van der Waals surface area contributed by atoms with Crippen molar-refractivity contribution in [3.8, 4) is 45.0 Å². The fraction of sp³-hybridized carbons (Fsp3) is 0.519. The van der Waals surface area contributed by atoms with Gasteiger partial charge in [-0.2, -0.15) is 23.5 Å². The first-order valence-corrected chi connectivity index (χ1v) is 52.8. The summed E-state index contributed by atoms with van der Waals surface area (Å²) in [5, 5.41) is 52.8. The van der Waals surface area contributed by atoms with Crippen LogP contribution in [0.3, 0.4) is 0 Å². The standard InChI is InChI=1S/C26H30N4O2.C21H22N4O.C14H19N3.C12H19N3O.C11H16FN3O.C6H9NO2S.C4H7N3.C4H8OS.C4H8O.2C3H7NO/c1-3-5-16-24(32)29-18-19-11-6-7-13-21(19)26-25(22-14-8-9-15-23(22)29)27-28-30(26)17-10-12-20(31)4-2;1-3-4-13-19(26)25-14-15-9-5-6-10-16(15)21-20(22-23-24(21)2)17-11-7-8-12-18(17)25;1-10-14-11-7-5-6-8-12(11)16(3)13(14)9-15(2)17(10)4;1-15-12-6-4-9-8(10(9)7-16-2)3-5-11(12)13-14-15;1-8(16)11(12)7-5-3-4-6-9-10(11)13-14-15(9)2;1-7-5(8)3-4(10-2)6(7)9;1-4-3-7(2)6-5-4;1-4(5)3-6-2;1-3-4(2)5;1-3-4-5-2;1-3(5)4-2/h6-9,11,13-15H,3-5,10,12,16-18H2,1-2H3;5-12H,3-4,13-14H2,1-2H3;5-8,10H,9H2,1-4H3;8-10H,3-7H2,1-2H3;3-7H2,1-2H3;4H,3H2,1-2H3;3H,1-2H3;3H2,1-2H3;3H2,1-2H3;3H,1-2H3;1-2H3,(H,4,5)/b;;;;;;;;;4-3+;/t;;;8?,9?,10-;;;;;;;/m...0......./s1. The number of carbonyl (C=O) groups is 9. The number of likely N-dealkylation sites (tertiary alicyclic amines) is 1. The number of anilines is 2. The number of benzene rings is 5. The van der Waals surface area contributed by atoms with Crippen molar-refractivity contribution in [3.05, 3.63) is 178 Å². The van der Waals surface area contributed by atoms with Gasteiger partial charge in [-0.25, -0.2) is 23.8 Å². The Hall–Kier alpha value is -12.4. The molecule has 1 saturated carbocycles. The molecular weight excluding hydrogens is 1880 g/mol. The molecule has 5 amide bonds. The van der Waals surface area contributed by atoms with E-state index in [-0.39, 0.29) is 64.3 Å². The lowest BCUT2D eigenvalue weighted by molar-refractivity contribution is -0.137. The molecule has 0 radical (unpaired) electrons. The lowest BCUT2D eigenvalue weighted by Gasteiger charge is -2.38. The normalized spacial score (nSPS) is 17.4. The fourth-order valence-electron chi connectivity index (χ4n) is 18.1. The molecule has 0 bridgehead atoms. The monoisotopic (exact) mass is 2030 g/mol. The van der Waals surface area contributed by atoms with Gasteiger partial charge in [-0.1, -0.05) is 176 Å². The number of ether oxygens (including phenoxy) is 1. The second kappa shape index (κ2) is 58.6. The molecule has 37 heteroatoms. The molecule has 7 aliphatic rings. The van der Waals surface area contributed by atoms with Crippen molar-refractivity contribution in [2.24, 2.45) is 58.1 Å². The zero-order valence-corrected chi connectivity index (χ0v) is 91.1. The number of nitrogens with zero attached hydrogens (tertiary/aromatic N) is 22. The second-order valence-electron chi connectivity index (χ2n) is 36.8. The van der Waals surface area contributed by atoms with Crippen LogP contribution in [0, 0.1) is 24.7 Å². The quantitative estimate of drug-likeness (QED) is 0.0446. The summed E-state index contributed by atoms with van der Waals surface area (Å²) in [4.78, 5) is 110. The number of amides is 5. The average molecular weight is 2030 g/mol. The third kappa shape index (κ3) is 32.0. The van der Waals surface area contributed by atoms with E-state index in [1.54, 1.807) is 62.2 Å². The minimum Gasteiger partial charge on any atom is -0.399 e.